The molecule has 2 heterocycles. The highest BCUT2D eigenvalue weighted by atomic mass is 19.4. The van der Waals surface area contributed by atoms with E-state index < -0.39 is 41.7 Å². The molecule has 0 fully saturated rings. The predicted molar refractivity (Wildman–Crippen MR) is 122 cm³/mol. The fourth-order valence-electron chi connectivity index (χ4n) is 4.49. The molecule has 0 aliphatic carbocycles. The van der Waals surface area contributed by atoms with Crippen molar-refractivity contribution < 1.29 is 32.3 Å². The van der Waals surface area contributed by atoms with Crippen molar-refractivity contribution >= 4 is 17.8 Å². The quantitative estimate of drug-likeness (QED) is 0.408. The average molecular weight is 495 g/mol. The Morgan fingerprint density at radius 2 is 2.00 bits per heavy atom. The summed E-state index contributed by atoms with van der Waals surface area (Å²) in [7, 11) is 1.49. The third-order valence-electron chi connectivity index (χ3n) is 5.98. The van der Waals surface area contributed by atoms with Crippen LogP contribution in [0.25, 0.3) is 0 Å². The molecular formula is C24H29F3N4O4. The molecule has 2 N–H and O–H groups in total. The first-order valence-electron chi connectivity index (χ1n) is 11.2. The van der Waals surface area contributed by atoms with Crippen LogP contribution in [0.15, 0.2) is 48.2 Å². The van der Waals surface area contributed by atoms with E-state index in [0.717, 1.165) is 6.07 Å². The van der Waals surface area contributed by atoms with Gasteiger partial charge in [0.25, 0.3) is 5.91 Å². The molecule has 190 valence electrons. The summed E-state index contributed by atoms with van der Waals surface area (Å²) in [6.07, 6.45) is -3.23. The van der Waals surface area contributed by atoms with Crippen molar-refractivity contribution in [3.63, 3.8) is 0 Å². The van der Waals surface area contributed by atoms with E-state index in [2.05, 4.69) is 17.2 Å². The minimum Gasteiger partial charge on any atom is -0.383 e. The van der Waals surface area contributed by atoms with Gasteiger partial charge in [0.1, 0.15) is 6.04 Å². The average Bonchev–Trinajstić information content (AvgIpc) is 3.11. The number of urea groups is 1. The number of benzene rings is 1. The number of carbonyl (C=O) groups is 3. The number of nitrogens with zero attached hydrogens (tertiary/aromatic N) is 2. The van der Waals surface area contributed by atoms with E-state index in [1.807, 2.05) is 0 Å². The van der Waals surface area contributed by atoms with Crippen LogP contribution in [0, 0.1) is 5.92 Å². The SMILES string of the molecule is C=CCN1C(=O)N[C@@H](c2ccccc2C(F)(F)F)C2=C1CN([C@H](C(=O)NCCOC)C(C)C)C2=O. The standard InChI is InChI=1S/C24H29F3N4O4/c1-5-11-30-17-13-31(20(14(2)3)21(32)28-10-12-35-4)22(33)18(17)19(29-23(30)34)15-8-6-7-9-16(15)24(25,26)27/h5-9,14,19-20H,1,10-13H2,2-4H3,(H,28,32)(H,29,34)/t19-,20-/m0/s1. The Balaban J connectivity index is 2.07. The molecule has 0 saturated heterocycles. The van der Waals surface area contributed by atoms with E-state index in [0.29, 0.717) is 0 Å². The van der Waals surface area contributed by atoms with Crippen LogP contribution in [0.4, 0.5) is 18.0 Å². The largest absolute Gasteiger partial charge is 0.416 e. The van der Waals surface area contributed by atoms with Crippen molar-refractivity contribution in [2.24, 2.45) is 5.92 Å². The summed E-state index contributed by atoms with van der Waals surface area (Å²) >= 11 is 0. The highest BCUT2D eigenvalue weighted by Gasteiger charge is 2.49. The maximum Gasteiger partial charge on any atom is 0.416 e. The lowest BCUT2D eigenvalue weighted by Crippen LogP contribution is -2.52. The van der Waals surface area contributed by atoms with Gasteiger partial charge in [-0.2, -0.15) is 13.2 Å². The number of methoxy groups -OCH3 is 1. The molecule has 4 amide bonds. The topological polar surface area (TPSA) is 91.0 Å². The van der Waals surface area contributed by atoms with E-state index in [-0.39, 0.29) is 49.0 Å². The van der Waals surface area contributed by atoms with Gasteiger partial charge in [0.2, 0.25) is 5.91 Å². The third kappa shape index (κ3) is 5.19. The van der Waals surface area contributed by atoms with Crippen molar-refractivity contribution in [1.29, 1.82) is 0 Å². The second-order valence-corrected chi connectivity index (χ2v) is 8.63. The summed E-state index contributed by atoms with van der Waals surface area (Å²) in [6.45, 7) is 7.64. The third-order valence-corrected chi connectivity index (χ3v) is 5.98. The number of ether oxygens (including phenoxy) is 1. The highest BCUT2D eigenvalue weighted by Crippen LogP contribution is 2.42. The van der Waals surface area contributed by atoms with Crippen LogP contribution in [0.2, 0.25) is 0 Å². The molecular weight excluding hydrogens is 465 g/mol. The van der Waals surface area contributed by atoms with Crippen LogP contribution in [-0.2, 0) is 20.5 Å². The lowest BCUT2D eigenvalue weighted by atomic mass is 9.91. The van der Waals surface area contributed by atoms with Gasteiger partial charge < -0.3 is 20.3 Å². The predicted octanol–water partition coefficient (Wildman–Crippen LogP) is 2.84. The summed E-state index contributed by atoms with van der Waals surface area (Å²) < 4.78 is 46.3. The van der Waals surface area contributed by atoms with Gasteiger partial charge in [-0.1, -0.05) is 38.1 Å². The molecule has 35 heavy (non-hydrogen) atoms. The Bertz CT molecular complexity index is 1040. The van der Waals surface area contributed by atoms with Gasteiger partial charge in [0.05, 0.1) is 36.0 Å². The number of alkyl halides is 3. The van der Waals surface area contributed by atoms with Crippen LogP contribution in [-0.4, -0.2) is 67.0 Å². The van der Waals surface area contributed by atoms with Gasteiger partial charge in [-0.05, 0) is 17.5 Å². The Hall–Kier alpha value is -3.34. The Labute approximate surface area is 201 Å². The van der Waals surface area contributed by atoms with Gasteiger partial charge >= 0.3 is 12.2 Å². The zero-order chi connectivity index (χ0) is 25.9. The number of halogens is 3. The van der Waals surface area contributed by atoms with Crippen LogP contribution < -0.4 is 10.6 Å². The maximum atomic E-state index is 13.8. The van der Waals surface area contributed by atoms with E-state index in [1.165, 1.54) is 41.2 Å². The van der Waals surface area contributed by atoms with Crippen molar-refractivity contribution in [2.75, 3.05) is 33.4 Å². The molecule has 0 bridgehead atoms. The van der Waals surface area contributed by atoms with E-state index in [1.54, 1.807) is 13.8 Å². The molecule has 11 heteroatoms. The zero-order valence-corrected chi connectivity index (χ0v) is 19.8. The monoisotopic (exact) mass is 494 g/mol. The number of hydrogen-bond acceptors (Lipinski definition) is 4. The fraction of sp³-hybridized carbons (Fsp3) is 0.458. The second kappa shape index (κ2) is 10.5. The summed E-state index contributed by atoms with van der Waals surface area (Å²) in [5, 5.41) is 5.28. The van der Waals surface area contributed by atoms with Gasteiger partial charge in [-0.15, -0.1) is 6.58 Å². The molecule has 3 rings (SSSR count). The molecule has 2 aliphatic heterocycles. The van der Waals surface area contributed by atoms with Crippen molar-refractivity contribution in [3.8, 4) is 0 Å². The highest BCUT2D eigenvalue weighted by molar-refractivity contribution is 6.03. The fourth-order valence-corrected chi connectivity index (χ4v) is 4.49. The smallest absolute Gasteiger partial charge is 0.383 e. The van der Waals surface area contributed by atoms with Gasteiger partial charge in [-0.25, -0.2) is 4.79 Å². The van der Waals surface area contributed by atoms with E-state index in [4.69, 9.17) is 4.74 Å². The van der Waals surface area contributed by atoms with Gasteiger partial charge in [0.15, 0.2) is 0 Å². The first kappa shape index (κ1) is 26.3. The van der Waals surface area contributed by atoms with Crippen LogP contribution in [0.1, 0.15) is 31.0 Å². The summed E-state index contributed by atoms with van der Waals surface area (Å²) in [5.74, 6) is -1.32. The Kier molecular flexibility index (Phi) is 7.89. The molecule has 8 nitrogen and oxygen atoms in total. The lowest BCUT2D eigenvalue weighted by Gasteiger charge is -2.33. The summed E-state index contributed by atoms with van der Waals surface area (Å²) in [5.41, 5.74) is -0.910. The Morgan fingerprint density at radius 1 is 1.31 bits per heavy atom. The molecule has 0 aromatic heterocycles. The number of carbonyl (C=O) groups excluding carboxylic acids is 3. The van der Waals surface area contributed by atoms with E-state index >= 15 is 0 Å². The number of amides is 4. The van der Waals surface area contributed by atoms with Gasteiger partial charge in [0, 0.05) is 20.2 Å². The van der Waals surface area contributed by atoms with Crippen LogP contribution in [0.5, 0.6) is 0 Å². The first-order valence-corrected chi connectivity index (χ1v) is 11.2. The number of nitrogens with one attached hydrogen (secondary N) is 2. The van der Waals surface area contributed by atoms with Crippen molar-refractivity contribution in [3.05, 3.63) is 59.3 Å². The molecule has 0 spiro atoms. The first-order chi connectivity index (χ1) is 16.5. The summed E-state index contributed by atoms with van der Waals surface area (Å²) in [6, 6.07) is 1.96. The molecule has 1 aromatic rings. The van der Waals surface area contributed by atoms with Crippen LogP contribution >= 0.6 is 0 Å². The minimum absolute atomic E-state index is 0.0125. The second-order valence-electron chi connectivity index (χ2n) is 8.63. The number of hydrogen-bond donors (Lipinski definition) is 2. The van der Waals surface area contributed by atoms with Crippen molar-refractivity contribution in [1.82, 2.24) is 20.4 Å². The van der Waals surface area contributed by atoms with Crippen LogP contribution in [0.3, 0.4) is 0 Å². The molecule has 0 unspecified atom stereocenters. The van der Waals surface area contributed by atoms with E-state index in [9.17, 15) is 27.6 Å². The van der Waals surface area contributed by atoms with Gasteiger partial charge in [-0.3, -0.25) is 14.5 Å². The Morgan fingerprint density at radius 3 is 2.60 bits per heavy atom. The molecule has 0 radical (unpaired) electrons. The maximum absolute atomic E-state index is 13.8. The lowest BCUT2D eigenvalue weighted by molar-refractivity contribution is -0.139. The molecule has 0 saturated carbocycles. The zero-order valence-electron chi connectivity index (χ0n) is 19.8. The molecule has 1 aromatic carbocycles. The molecule has 2 atom stereocenters. The minimum atomic E-state index is -4.69. The molecule has 2 aliphatic rings. The van der Waals surface area contributed by atoms with Crippen molar-refractivity contribution in [2.45, 2.75) is 32.1 Å². The summed E-state index contributed by atoms with van der Waals surface area (Å²) in [4.78, 5) is 42.2. The normalized spacial score (nSPS) is 19.1. The number of rotatable bonds is 9.